The van der Waals surface area contributed by atoms with E-state index in [1.807, 2.05) is 0 Å². The van der Waals surface area contributed by atoms with Crippen molar-refractivity contribution in [3.8, 4) is 0 Å². The summed E-state index contributed by atoms with van der Waals surface area (Å²) in [7, 11) is 0. The Morgan fingerprint density at radius 2 is 2.21 bits per heavy atom. The van der Waals surface area contributed by atoms with Crippen LogP contribution in [0.1, 0.15) is 30.9 Å². The van der Waals surface area contributed by atoms with Crippen LogP contribution >= 0.6 is 0 Å². The van der Waals surface area contributed by atoms with Crippen LogP contribution < -0.4 is 5.32 Å². The fourth-order valence-electron chi connectivity index (χ4n) is 2.78. The summed E-state index contributed by atoms with van der Waals surface area (Å²) in [4.78, 5) is 13.5. The standard InChI is InChI=1S/C16H24N2O/c1-13-6-3-4-8-16(13)12-18-9-5-7-15(11-18)10-17-14(2)19/h3-4,6,8,15H,5,7,9-12H2,1-2H3,(H,17,19)/t15-/m0/s1. The molecule has 104 valence electrons. The van der Waals surface area contributed by atoms with E-state index in [1.165, 1.54) is 30.5 Å². The second-order valence-electron chi connectivity index (χ2n) is 5.61. The smallest absolute Gasteiger partial charge is 0.216 e. The number of nitrogens with one attached hydrogen (secondary N) is 1. The summed E-state index contributed by atoms with van der Waals surface area (Å²) in [5.41, 5.74) is 2.79. The van der Waals surface area contributed by atoms with Crippen LogP contribution in [0.25, 0.3) is 0 Å². The van der Waals surface area contributed by atoms with Gasteiger partial charge in [-0.1, -0.05) is 24.3 Å². The molecule has 3 nitrogen and oxygen atoms in total. The average Bonchev–Trinajstić information content (AvgIpc) is 2.40. The van der Waals surface area contributed by atoms with Crippen LogP contribution in [0.3, 0.4) is 0 Å². The fraction of sp³-hybridized carbons (Fsp3) is 0.562. The molecular formula is C16H24N2O. The molecule has 1 aliphatic rings. The summed E-state index contributed by atoms with van der Waals surface area (Å²) in [5.74, 6) is 0.678. The summed E-state index contributed by atoms with van der Waals surface area (Å²) in [6, 6.07) is 8.59. The van der Waals surface area contributed by atoms with E-state index in [0.717, 1.165) is 19.6 Å². The lowest BCUT2D eigenvalue weighted by Gasteiger charge is -2.33. The maximum Gasteiger partial charge on any atom is 0.216 e. The van der Waals surface area contributed by atoms with Crippen LogP contribution in [0.2, 0.25) is 0 Å². The van der Waals surface area contributed by atoms with Crippen molar-refractivity contribution in [3.63, 3.8) is 0 Å². The lowest BCUT2D eigenvalue weighted by molar-refractivity contribution is -0.119. The number of piperidine rings is 1. The number of rotatable bonds is 4. The average molecular weight is 260 g/mol. The zero-order valence-electron chi connectivity index (χ0n) is 12.0. The number of benzene rings is 1. The molecule has 0 bridgehead atoms. The Morgan fingerprint density at radius 1 is 1.42 bits per heavy atom. The third-order valence-corrected chi connectivity index (χ3v) is 3.90. The molecule has 0 spiro atoms. The molecule has 0 radical (unpaired) electrons. The minimum Gasteiger partial charge on any atom is -0.356 e. The third-order valence-electron chi connectivity index (χ3n) is 3.90. The predicted octanol–water partition coefficient (Wildman–Crippen LogP) is 2.34. The van der Waals surface area contributed by atoms with Crippen molar-refractivity contribution in [1.82, 2.24) is 10.2 Å². The highest BCUT2D eigenvalue weighted by atomic mass is 16.1. The van der Waals surface area contributed by atoms with Gasteiger partial charge in [0.25, 0.3) is 0 Å². The highest BCUT2D eigenvalue weighted by Gasteiger charge is 2.20. The number of carbonyl (C=O) groups excluding carboxylic acids is 1. The van der Waals surface area contributed by atoms with E-state index in [9.17, 15) is 4.79 Å². The van der Waals surface area contributed by atoms with Crippen LogP contribution in [0.5, 0.6) is 0 Å². The molecule has 1 aliphatic heterocycles. The maximum absolute atomic E-state index is 11.0. The SMILES string of the molecule is CC(=O)NC[C@@H]1CCCN(Cc2ccccc2C)C1. The quantitative estimate of drug-likeness (QED) is 0.901. The first-order chi connectivity index (χ1) is 9.15. The third kappa shape index (κ3) is 4.35. The maximum atomic E-state index is 11.0. The lowest BCUT2D eigenvalue weighted by atomic mass is 9.97. The molecule has 0 aromatic heterocycles. The molecule has 0 unspecified atom stereocenters. The van der Waals surface area contributed by atoms with Gasteiger partial charge in [-0.25, -0.2) is 0 Å². The summed E-state index contributed by atoms with van der Waals surface area (Å²) in [5, 5.41) is 2.95. The van der Waals surface area contributed by atoms with Crippen molar-refractivity contribution in [2.45, 2.75) is 33.2 Å². The van der Waals surface area contributed by atoms with Gasteiger partial charge in [-0.15, -0.1) is 0 Å². The molecule has 0 aliphatic carbocycles. The molecule has 0 saturated carbocycles. The van der Waals surface area contributed by atoms with Crippen LogP contribution in [-0.2, 0) is 11.3 Å². The van der Waals surface area contributed by atoms with Crippen molar-refractivity contribution in [3.05, 3.63) is 35.4 Å². The number of aryl methyl sites for hydroxylation is 1. The van der Waals surface area contributed by atoms with E-state index in [0.29, 0.717) is 5.92 Å². The first-order valence-corrected chi connectivity index (χ1v) is 7.16. The second kappa shape index (κ2) is 6.71. The molecule has 2 rings (SSSR count). The highest BCUT2D eigenvalue weighted by molar-refractivity contribution is 5.72. The monoisotopic (exact) mass is 260 g/mol. The minimum absolute atomic E-state index is 0.0797. The summed E-state index contributed by atoms with van der Waals surface area (Å²) >= 11 is 0. The molecule has 1 aromatic rings. The van der Waals surface area contributed by atoms with Crippen LogP contribution in [0, 0.1) is 12.8 Å². The van der Waals surface area contributed by atoms with Gasteiger partial charge in [0.15, 0.2) is 0 Å². The van der Waals surface area contributed by atoms with Gasteiger partial charge < -0.3 is 5.32 Å². The van der Waals surface area contributed by atoms with Gasteiger partial charge >= 0.3 is 0 Å². The normalized spacial score (nSPS) is 20.2. The zero-order chi connectivity index (χ0) is 13.7. The van der Waals surface area contributed by atoms with Crippen molar-refractivity contribution >= 4 is 5.91 Å². The molecule has 1 atom stereocenters. The van der Waals surface area contributed by atoms with Crippen LogP contribution in [-0.4, -0.2) is 30.4 Å². The van der Waals surface area contributed by atoms with E-state index in [1.54, 1.807) is 6.92 Å². The Labute approximate surface area is 116 Å². The molecule has 19 heavy (non-hydrogen) atoms. The Morgan fingerprint density at radius 3 is 2.95 bits per heavy atom. The minimum atomic E-state index is 0.0797. The molecule has 1 N–H and O–H groups in total. The Bertz CT molecular complexity index is 431. The fourth-order valence-corrected chi connectivity index (χ4v) is 2.78. The van der Waals surface area contributed by atoms with Gasteiger partial charge in [-0.05, 0) is 43.4 Å². The van der Waals surface area contributed by atoms with Gasteiger partial charge in [0.05, 0.1) is 0 Å². The first kappa shape index (κ1) is 14.1. The number of amides is 1. The molecule has 3 heteroatoms. The number of hydrogen-bond acceptors (Lipinski definition) is 2. The summed E-state index contributed by atoms with van der Waals surface area (Å²) in [6.07, 6.45) is 2.46. The zero-order valence-corrected chi connectivity index (χ0v) is 12.0. The Hall–Kier alpha value is -1.35. The molecule has 1 amide bonds. The Kier molecular flexibility index (Phi) is 4.97. The first-order valence-electron chi connectivity index (χ1n) is 7.16. The van der Waals surface area contributed by atoms with Crippen molar-refractivity contribution in [1.29, 1.82) is 0 Å². The van der Waals surface area contributed by atoms with Gasteiger partial charge in [-0.3, -0.25) is 9.69 Å². The van der Waals surface area contributed by atoms with Crippen LogP contribution in [0.15, 0.2) is 24.3 Å². The number of nitrogens with zero attached hydrogens (tertiary/aromatic N) is 1. The summed E-state index contributed by atoms with van der Waals surface area (Å²) in [6.45, 7) is 7.88. The van der Waals surface area contributed by atoms with Gasteiger partial charge in [0.1, 0.15) is 0 Å². The molecule has 1 aromatic carbocycles. The molecule has 1 fully saturated rings. The van der Waals surface area contributed by atoms with E-state index < -0.39 is 0 Å². The van der Waals surface area contributed by atoms with Gasteiger partial charge in [0, 0.05) is 26.6 Å². The molecule has 1 heterocycles. The van der Waals surface area contributed by atoms with E-state index in [2.05, 4.69) is 41.4 Å². The van der Waals surface area contributed by atoms with Crippen LogP contribution in [0.4, 0.5) is 0 Å². The van der Waals surface area contributed by atoms with Crippen molar-refractivity contribution < 1.29 is 4.79 Å². The number of hydrogen-bond donors (Lipinski definition) is 1. The molecule has 1 saturated heterocycles. The van der Waals surface area contributed by atoms with Crippen molar-refractivity contribution in [2.75, 3.05) is 19.6 Å². The van der Waals surface area contributed by atoms with E-state index in [-0.39, 0.29) is 5.91 Å². The lowest BCUT2D eigenvalue weighted by Crippen LogP contribution is -2.40. The topological polar surface area (TPSA) is 32.3 Å². The van der Waals surface area contributed by atoms with E-state index >= 15 is 0 Å². The largest absolute Gasteiger partial charge is 0.356 e. The Balaban J connectivity index is 1.87. The number of carbonyl (C=O) groups is 1. The highest BCUT2D eigenvalue weighted by Crippen LogP contribution is 2.19. The molecular weight excluding hydrogens is 236 g/mol. The predicted molar refractivity (Wildman–Crippen MR) is 77.9 cm³/mol. The van der Waals surface area contributed by atoms with Gasteiger partial charge in [0.2, 0.25) is 5.91 Å². The van der Waals surface area contributed by atoms with Crippen molar-refractivity contribution in [2.24, 2.45) is 5.92 Å². The van der Waals surface area contributed by atoms with E-state index in [4.69, 9.17) is 0 Å². The van der Waals surface area contributed by atoms with Gasteiger partial charge in [-0.2, -0.15) is 0 Å². The summed E-state index contributed by atoms with van der Waals surface area (Å²) < 4.78 is 0. The number of likely N-dealkylation sites (tertiary alicyclic amines) is 1. The second-order valence-corrected chi connectivity index (χ2v) is 5.61.